The molecule has 1 aliphatic rings. The maximum atomic E-state index is 12.9. The smallest absolute Gasteiger partial charge is 0.251 e. The molecule has 0 amide bonds. The van der Waals surface area contributed by atoms with Gasteiger partial charge < -0.3 is 0 Å². The van der Waals surface area contributed by atoms with Gasteiger partial charge in [-0.2, -0.15) is 13.2 Å². The van der Waals surface area contributed by atoms with E-state index in [1.165, 1.54) is 15.1 Å². The molecule has 0 aromatic carbocycles. The molecule has 3 heterocycles. The van der Waals surface area contributed by atoms with E-state index < -0.39 is 11.9 Å². The topological polar surface area (TPSA) is 52.2 Å². The number of aryl methyl sites for hydroxylation is 1. The van der Waals surface area contributed by atoms with E-state index in [9.17, 15) is 18.0 Å². The van der Waals surface area contributed by atoms with Crippen molar-refractivity contribution in [1.29, 1.82) is 0 Å². The van der Waals surface area contributed by atoms with Crippen LogP contribution in [0, 0.1) is 6.92 Å². The van der Waals surface area contributed by atoms with Gasteiger partial charge in [-0.05, 0) is 58.6 Å². The van der Waals surface area contributed by atoms with Crippen LogP contribution in [0.4, 0.5) is 13.2 Å². The van der Waals surface area contributed by atoms with Crippen molar-refractivity contribution in [3.05, 3.63) is 85.1 Å². The van der Waals surface area contributed by atoms with E-state index in [1.807, 2.05) is 31.2 Å². The van der Waals surface area contributed by atoms with Crippen LogP contribution in [-0.2, 0) is 12.7 Å². The fourth-order valence-corrected chi connectivity index (χ4v) is 4.23. The summed E-state index contributed by atoms with van der Waals surface area (Å²) in [6, 6.07) is 4.11. The first kappa shape index (κ1) is 20.9. The Kier molecular flexibility index (Phi) is 5.36. The largest absolute Gasteiger partial charge is 0.433 e. The van der Waals surface area contributed by atoms with E-state index in [0.717, 1.165) is 24.2 Å². The minimum absolute atomic E-state index is 0.00847. The molecule has 3 aromatic heterocycles. The van der Waals surface area contributed by atoms with Crippen LogP contribution >= 0.6 is 27.5 Å². The van der Waals surface area contributed by atoms with Gasteiger partial charge in [0.15, 0.2) is 5.65 Å². The Labute approximate surface area is 182 Å². The van der Waals surface area contributed by atoms with E-state index in [0.29, 0.717) is 26.4 Å². The third-order valence-electron chi connectivity index (χ3n) is 4.91. The fraction of sp³-hybridized carbons (Fsp3) is 0.250. The Bertz CT molecular complexity index is 1240. The Balaban J connectivity index is 1.72. The van der Waals surface area contributed by atoms with Gasteiger partial charge in [-0.25, -0.2) is 13.9 Å². The van der Waals surface area contributed by atoms with Gasteiger partial charge in [0.1, 0.15) is 5.69 Å². The van der Waals surface area contributed by atoms with E-state index in [2.05, 4.69) is 26.0 Å². The number of hydrogen-bond donors (Lipinski definition) is 0. The summed E-state index contributed by atoms with van der Waals surface area (Å²) in [6.45, 7) is 1.82. The molecule has 1 atom stereocenters. The maximum Gasteiger partial charge on any atom is 0.433 e. The van der Waals surface area contributed by atoms with Crippen LogP contribution in [0.15, 0.2) is 56.9 Å². The molecular weight excluding hydrogens is 485 g/mol. The summed E-state index contributed by atoms with van der Waals surface area (Å²) in [6.07, 6.45) is 3.09. The molecule has 0 bridgehead atoms. The number of hydrogen-bond acceptors (Lipinski definition) is 3. The highest BCUT2D eigenvalue weighted by molar-refractivity contribution is 9.10. The first-order chi connectivity index (χ1) is 14.1. The summed E-state index contributed by atoms with van der Waals surface area (Å²) in [4.78, 5) is 16.3. The van der Waals surface area contributed by atoms with Gasteiger partial charge in [0, 0.05) is 22.8 Å². The summed E-state index contributed by atoms with van der Waals surface area (Å²) >= 11 is 9.58. The van der Waals surface area contributed by atoms with Crippen LogP contribution in [0.1, 0.15) is 34.9 Å². The van der Waals surface area contributed by atoms with Gasteiger partial charge in [-0.3, -0.25) is 4.98 Å². The number of aromatic nitrogens is 4. The molecule has 0 N–H and O–H groups in total. The zero-order chi connectivity index (χ0) is 21.6. The van der Waals surface area contributed by atoms with Gasteiger partial charge in [0.05, 0.1) is 11.0 Å². The average Bonchev–Trinajstić information content (AvgIpc) is 3.02. The van der Waals surface area contributed by atoms with Crippen molar-refractivity contribution in [3.8, 4) is 0 Å². The predicted molar refractivity (Wildman–Crippen MR) is 111 cm³/mol. The summed E-state index contributed by atoms with van der Waals surface area (Å²) < 4.78 is 41.5. The Morgan fingerprint density at radius 2 is 2.10 bits per heavy atom. The van der Waals surface area contributed by atoms with Gasteiger partial charge in [-0.15, -0.1) is 5.10 Å². The lowest BCUT2D eigenvalue weighted by Crippen LogP contribution is -2.23. The first-order valence-corrected chi connectivity index (χ1v) is 10.2. The van der Waals surface area contributed by atoms with E-state index in [-0.39, 0.29) is 18.2 Å². The third-order valence-corrected chi connectivity index (χ3v) is 6.00. The molecule has 156 valence electrons. The summed E-state index contributed by atoms with van der Waals surface area (Å²) in [7, 11) is 0. The number of alkyl halides is 3. The monoisotopic (exact) mass is 498 g/mol. The lowest BCUT2D eigenvalue weighted by Gasteiger charge is -2.17. The zero-order valence-electron chi connectivity index (χ0n) is 15.6. The second-order valence-corrected chi connectivity index (χ2v) is 8.22. The summed E-state index contributed by atoms with van der Waals surface area (Å²) in [5, 5.41) is 5.10. The minimum atomic E-state index is -4.51. The highest BCUT2D eigenvalue weighted by Gasteiger charge is 2.32. The number of fused-ring (bicyclic) bond motifs is 1. The second-order valence-electron chi connectivity index (χ2n) is 6.99. The summed E-state index contributed by atoms with van der Waals surface area (Å²) in [5.74, 6) is 0.0879. The van der Waals surface area contributed by atoms with Crippen LogP contribution in [-0.4, -0.2) is 19.2 Å². The van der Waals surface area contributed by atoms with Gasteiger partial charge in [-0.1, -0.05) is 29.8 Å². The number of nitrogens with zero attached hydrogens (tertiary/aromatic N) is 4. The van der Waals surface area contributed by atoms with Crippen LogP contribution in [0.3, 0.4) is 0 Å². The van der Waals surface area contributed by atoms with Crippen molar-refractivity contribution in [2.45, 2.75) is 32.0 Å². The average molecular weight is 500 g/mol. The Morgan fingerprint density at radius 3 is 2.70 bits per heavy atom. The quantitative estimate of drug-likeness (QED) is 0.498. The van der Waals surface area contributed by atoms with Gasteiger partial charge in [0.25, 0.3) is 0 Å². The molecule has 0 fully saturated rings. The molecule has 0 radical (unpaired) electrons. The molecule has 0 spiro atoms. The third kappa shape index (κ3) is 3.83. The first-order valence-electron chi connectivity index (χ1n) is 8.99. The van der Waals surface area contributed by atoms with Crippen LogP contribution in [0.25, 0.3) is 5.65 Å². The van der Waals surface area contributed by atoms with Gasteiger partial charge in [0.2, 0.25) is 0 Å². The maximum absolute atomic E-state index is 12.9. The van der Waals surface area contributed by atoms with Crippen LogP contribution in [0.5, 0.6) is 0 Å². The van der Waals surface area contributed by atoms with Crippen molar-refractivity contribution in [2.24, 2.45) is 0 Å². The van der Waals surface area contributed by atoms with Crippen molar-refractivity contribution >= 4 is 33.2 Å². The molecule has 30 heavy (non-hydrogen) atoms. The molecule has 10 heteroatoms. The van der Waals surface area contributed by atoms with E-state index in [1.54, 1.807) is 0 Å². The number of pyridine rings is 2. The molecule has 1 aliphatic carbocycles. The number of rotatable bonds is 3. The fourth-order valence-electron chi connectivity index (χ4n) is 3.41. The SMILES string of the molecule is Cc1cc(C2C=CC(Cl)=CC2)c(Br)c2nn(Cc3ccc(C(F)(F)F)nc3)c(=O)n12. The highest BCUT2D eigenvalue weighted by atomic mass is 79.9. The van der Waals surface area contributed by atoms with Gasteiger partial charge >= 0.3 is 11.9 Å². The van der Waals surface area contributed by atoms with Crippen LogP contribution in [0.2, 0.25) is 0 Å². The normalized spacial score (nSPS) is 16.9. The second kappa shape index (κ2) is 7.70. The lowest BCUT2D eigenvalue weighted by atomic mass is 9.92. The minimum Gasteiger partial charge on any atom is -0.251 e. The number of allylic oxidation sites excluding steroid dienone is 4. The molecule has 0 aliphatic heterocycles. The van der Waals surface area contributed by atoms with Crippen molar-refractivity contribution < 1.29 is 13.2 Å². The highest BCUT2D eigenvalue weighted by Crippen LogP contribution is 2.35. The Morgan fingerprint density at radius 1 is 1.33 bits per heavy atom. The van der Waals surface area contributed by atoms with E-state index >= 15 is 0 Å². The molecule has 0 saturated heterocycles. The molecule has 0 saturated carbocycles. The van der Waals surface area contributed by atoms with Crippen LogP contribution < -0.4 is 5.69 Å². The molecule has 1 unspecified atom stereocenters. The number of halogens is 5. The van der Waals surface area contributed by atoms with Crippen molar-refractivity contribution in [3.63, 3.8) is 0 Å². The van der Waals surface area contributed by atoms with Crippen molar-refractivity contribution in [1.82, 2.24) is 19.2 Å². The zero-order valence-corrected chi connectivity index (χ0v) is 18.0. The Hall–Kier alpha value is -2.39. The van der Waals surface area contributed by atoms with E-state index in [4.69, 9.17) is 11.6 Å². The molecule has 5 nitrogen and oxygen atoms in total. The summed E-state index contributed by atoms with van der Waals surface area (Å²) in [5.41, 5.74) is 1.22. The molecule has 3 aromatic rings. The molecule has 4 rings (SSSR count). The predicted octanol–water partition coefficient (Wildman–Crippen LogP) is 5.20. The lowest BCUT2D eigenvalue weighted by molar-refractivity contribution is -0.141. The van der Waals surface area contributed by atoms with Crippen molar-refractivity contribution in [2.75, 3.05) is 0 Å². The molecular formula is C20H15BrClF3N4O. The standard InChI is InChI=1S/C20H15BrClF3N4O/c1-11-8-15(13-3-5-14(22)6-4-13)17(21)18-27-28(19(30)29(11)18)10-12-2-7-16(26-9-12)20(23,24)25/h2-3,5-9,13H,4,10H2,1H3.